The molecule has 21 heavy (non-hydrogen) atoms. The van der Waals surface area contributed by atoms with Crippen LogP contribution >= 0.6 is 11.6 Å². The molecule has 0 aliphatic carbocycles. The van der Waals surface area contributed by atoms with E-state index >= 15 is 0 Å². The van der Waals surface area contributed by atoms with Gasteiger partial charge in [0.25, 0.3) is 0 Å². The monoisotopic (exact) mass is 312 g/mol. The average molecular weight is 313 g/mol. The van der Waals surface area contributed by atoms with Crippen LogP contribution < -0.4 is 16.0 Å². The molecule has 0 fully saturated rings. The van der Waals surface area contributed by atoms with Crippen LogP contribution in [0.3, 0.4) is 0 Å². The van der Waals surface area contributed by atoms with Crippen molar-refractivity contribution in [1.29, 1.82) is 0 Å². The van der Waals surface area contributed by atoms with Gasteiger partial charge in [-0.15, -0.1) is 0 Å². The van der Waals surface area contributed by atoms with E-state index in [4.69, 9.17) is 22.2 Å². The number of ether oxygens (including phenoxy) is 1. The Balaban J connectivity index is 2.31. The van der Waals surface area contributed by atoms with Crippen LogP contribution in [-0.2, 0) is 6.42 Å². The maximum absolute atomic E-state index is 14.2. The second-order valence-corrected chi connectivity index (χ2v) is 4.93. The lowest BCUT2D eigenvalue weighted by Crippen LogP contribution is -2.30. The maximum Gasteiger partial charge on any atom is 0.168 e. The molecule has 0 radical (unpaired) electrons. The molecular weight excluding hydrogens is 298 g/mol. The quantitative estimate of drug-likeness (QED) is 0.657. The Morgan fingerprint density at radius 1 is 1.29 bits per heavy atom. The molecule has 0 bridgehead atoms. The van der Waals surface area contributed by atoms with Crippen molar-refractivity contribution in [3.63, 3.8) is 0 Å². The summed E-state index contributed by atoms with van der Waals surface area (Å²) in [4.78, 5) is 0. The molecular formula is C15H15ClF2N2O. The summed E-state index contributed by atoms with van der Waals surface area (Å²) < 4.78 is 32.2. The second kappa shape index (κ2) is 6.85. The highest BCUT2D eigenvalue weighted by Gasteiger charge is 2.18. The Morgan fingerprint density at radius 3 is 2.67 bits per heavy atom. The number of rotatable bonds is 5. The molecule has 0 aliphatic rings. The maximum atomic E-state index is 14.2. The zero-order valence-corrected chi connectivity index (χ0v) is 12.1. The van der Waals surface area contributed by atoms with Gasteiger partial charge in [-0.3, -0.25) is 11.3 Å². The Labute approximate surface area is 126 Å². The van der Waals surface area contributed by atoms with Gasteiger partial charge in [0.15, 0.2) is 11.6 Å². The van der Waals surface area contributed by atoms with Crippen molar-refractivity contribution < 1.29 is 13.5 Å². The highest BCUT2D eigenvalue weighted by molar-refractivity contribution is 6.31. The van der Waals surface area contributed by atoms with Crippen LogP contribution in [-0.4, -0.2) is 7.11 Å². The van der Waals surface area contributed by atoms with Gasteiger partial charge in [0.05, 0.1) is 13.2 Å². The van der Waals surface area contributed by atoms with Crippen molar-refractivity contribution >= 4 is 11.6 Å². The minimum Gasteiger partial charge on any atom is -0.494 e. The normalized spacial score (nSPS) is 12.2. The predicted octanol–water partition coefficient (Wildman–Crippen LogP) is 3.37. The molecule has 1 unspecified atom stereocenters. The lowest BCUT2D eigenvalue weighted by atomic mass is 9.98. The lowest BCUT2D eigenvalue weighted by molar-refractivity contribution is 0.382. The standard InChI is InChI=1S/C15H15ClF2N2O/c1-21-14-4-2-3-9(15(14)18)7-13(20-19)11-6-5-10(17)8-12(11)16/h2-6,8,13,20H,7,19H2,1H3. The predicted molar refractivity (Wildman–Crippen MR) is 78.1 cm³/mol. The average Bonchev–Trinajstić information content (AvgIpc) is 2.47. The number of benzene rings is 2. The Morgan fingerprint density at radius 2 is 2.05 bits per heavy atom. The smallest absolute Gasteiger partial charge is 0.168 e. The molecule has 0 spiro atoms. The molecule has 2 rings (SSSR count). The van der Waals surface area contributed by atoms with E-state index < -0.39 is 17.7 Å². The van der Waals surface area contributed by atoms with Gasteiger partial charge in [-0.2, -0.15) is 0 Å². The molecule has 1 atom stereocenters. The number of hydrogen-bond donors (Lipinski definition) is 2. The number of hydrazine groups is 1. The van der Waals surface area contributed by atoms with Crippen molar-refractivity contribution in [3.8, 4) is 5.75 Å². The van der Waals surface area contributed by atoms with Crippen molar-refractivity contribution in [2.45, 2.75) is 12.5 Å². The third-order valence-corrected chi connectivity index (χ3v) is 3.55. The summed E-state index contributed by atoms with van der Waals surface area (Å²) in [7, 11) is 1.40. The van der Waals surface area contributed by atoms with E-state index in [1.54, 1.807) is 12.1 Å². The van der Waals surface area contributed by atoms with Gasteiger partial charge in [0, 0.05) is 5.02 Å². The van der Waals surface area contributed by atoms with Crippen molar-refractivity contribution in [2.24, 2.45) is 5.84 Å². The van der Waals surface area contributed by atoms with E-state index in [-0.39, 0.29) is 17.2 Å². The third-order valence-electron chi connectivity index (χ3n) is 3.23. The Kier molecular flexibility index (Phi) is 5.12. The van der Waals surface area contributed by atoms with Crippen molar-refractivity contribution in [3.05, 3.63) is 64.2 Å². The van der Waals surface area contributed by atoms with Gasteiger partial charge in [0.2, 0.25) is 0 Å². The molecule has 0 aromatic heterocycles. The molecule has 0 amide bonds. The molecule has 0 saturated heterocycles. The van der Waals surface area contributed by atoms with E-state index in [2.05, 4.69) is 5.43 Å². The number of halogens is 3. The van der Waals surface area contributed by atoms with Crippen LogP contribution in [0.2, 0.25) is 5.02 Å². The fourth-order valence-corrected chi connectivity index (χ4v) is 2.43. The molecule has 0 heterocycles. The van der Waals surface area contributed by atoms with Crippen LogP contribution in [0.5, 0.6) is 5.75 Å². The van der Waals surface area contributed by atoms with E-state index in [9.17, 15) is 8.78 Å². The summed E-state index contributed by atoms with van der Waals surface area (Å²) in [5.74, 6) is 4.80. The van der Waals surface area contributed by atoms with Gasteiger partial charge < -0.3 is 4.74 Å². The van der Waals surface area contributed by atoms with Gasteiger partial charge in [-0.25, -0.2) is 8.78 Å². The number of nitrogens with two attached hydrogens (primary N) is 1. The molecule has 3 nitrogen and oxygen atoms in total. The fraction of sp³-hybridized carbons (Fsp3) is 0.200. The first kappa shape index (κ1) is 15.7. The summed E-state index contributed by atoms with van der Waals surface area (Å²) in [6.45, 7) is 0. The third kappa shape index (κ3) is 3.50. The zero-order chi connectivity index (χ0) is 15.4. The van der Waals surface area contributed by atoms with Gasteiger partial charge in [0.1, 0.15) is 5.82 Å². The van der Waals surface area contributed by atoms with E-state index in [1.807, 2.05) is 0 Å². The van der Waals surface area contributed by atoms with Crippen molar-refractivity contribution in [1.82, 2.24) is 5.43 Å². The fourth-order valence-electron chi connectivity index (χ4n) is 2.13. The first-order chi connectivity index (χ1) is 10.1. The molecule has 6 heteroatoms. The van der Waals surface area contributed by atoms with Gasteiger partial charge >= 0.3 is 0 Å². The summed E-state index contributed by atoms with van der Waals surface area (Å²) in [6.07, 6.45) is 0.255. The number of hydrogen-bond acceptors (Lipinski definition) is 3. The minimum atomic E-state index is -0.446. The van der Waals surface area contributed by atoms with Crippen molar-refractivity contribution in [2.75, 3.05) is 7.11 Å². The number of methoxy groups -OCH3 is 1. The summed E-state index contributed by atoms with van der Waals surface area (Å²) in [6, 6.07) is 8.43. The van der Waals surface area contributed by atoms with Gasteiger partial charge in [-0.1, -0.05) is 29.8 Å². The first-order valence-electron chi connectivity index (χ1n) is 6.29. The summed E-state index contributed by atoms with van der Waals surface area (Å²) in [5, 5.41) is 0.237. The highest BCUT2D eigenvalue weighted by Crippen LogP contribution is 2.28. The first-order valence-corrected chi connectivity index (χ1v) is 6.67. The van der Waals surface area contributed by atoms with Gasteiger partial charge in [-0.05, 0) is 35.7 Å². The van der Waals surface area contributed by atoms with Crippen LogP contribution in [0.4, 0.5) is 8.78 Å². The van der Waals surface area contributed by atoms with Crippen LogP contribution in [0.15, 0.2) is 36.4 Å². The van der Waals surface area contributed by atoms with Crippen LogP contribution in [0.25, 0.3) is 0 Å². The number of nitrogens with one attached hydrogen (secondary N) is 1. The van der Waals surface area contributed by atoms with E-state index in [1.165, 1.54) is 31.4 Å². The van der Waals surface area contributed by atoms with Crippen LogP contribution in [0, 0.1) is 11.6 Å². The molecule has 0 saturated carbocycles. The zero-order valence-electron chi connectivity index (χ0n) is 11.4. The molecule has 3 N–H and O–H groups in total. The van der Waals surface area contributed by atoms with E-state index in [0.717, 1.165) is 0 Å². The Bertz CT molecular complexity index is 637. The molecule has 112 valence electrons. The SMILES string of the molecule is COc1cccc(CC(NN)c2ccc(F)cc2Cl)c1F. The summed E-state index contributed by atoms with van der Waals surface area (Å²) >= 11 is 6.01. The topological polar surface area (TPSA) is 47.3 Å². The van der Waals surface area contributed by atoms with Crippen LogP contribution in [0.1, 0.15) is 17.2 Å². The molecule has 0 aliphatic heterocycles. The summed E-state index contributed by atoms with van der Waals surface area (Å²) in [5.41, 5.74) is 3.61. The molecule has 2 aromatic carbocycles. The Hall–Kier alpha value is -1.69. The lowest BCUT2D eigenvalue weighted by Gasteiger charge is -2.18. The second-order valence-electron chi connectivity index (χ2n) is 4.52. The highest BCUT2D eigenvalue weighted by atomic mass is 35.5. The minimum absolute atomic E-state index is 0.161. The largest absolute Gasteiger partial charge is 0.494 e. The van der Waals surface area contributed by atoms with E-state index in [0.29, 0.717) is 11.1 Å². The molecule has 2 aromatic rings.